The lowest BCUT2D eigenvalue weighted by Crippen LogP contribution is -2.20. The average Bonchev–Trinajstić information content (AvgIpc) is 2.52. The van der Waals surface area contributed by atoms with E-state index in [0.717, 1.165) is 23.7 Å². The molecule has 0 aromatic heterocycles. The molecule has 0 heterocycles. The first kappa shape index (κ1) is 9.55. The average molecular weight is 180 g/mol. The molecule has 0 aromatic rings. The zero-order valence-electron chi connectivity index (χ0n) is 9.26. The van der Waals surface area contributed by atoms with Crippen molar-refractivity contribution < 1.29 is 0 Å². The molecule has 4 atom stereocenters. The first-order valence-corrected chi connectivity index (χ1v) is 6.25. The fourth-order valence-electron chi connectivity index (χ4n) is 3.59. The molecule has 2 aliphatic carbocycles. The van der Waals surface area contributed by atoms with Crippen LogP contribution in [0.15, 0.2) is 0 Å². The van der Waals surface area contributed by atoms with Crippen LogP contribution in [0.25, 0.3) is 0 Å². The Morgan fingerprint density at radius 3 is 1.92 bits per heavy atom. The van der Waals surface area contributed by atoms with Crippen molar-refractivity contribution in [2.75, 3.05) is 0 Å². The molecule has 0 spiro atoms. The van der Waals surface area contributed by atoms with Crippen LogP contribution in [0.1, 0.15) is 58.8 Å². The largest absolute Gasteiger partial charge is 0.0625 e. The minimum atomic E-state index is 1.02. The van der Waals surface area contributed by atoms with E-state index in [4.69, 9.17) is 0 Å². The maximum Gasteiger partial charge on any atom is -0.0383 e. The fourth-order valence-corrected chi connectivity index (χ4v) is 3.59. The maximum absolute atomic E-state index is 2.45. The number of hydrogen-bond acceptors (Lipinski definition) is 0. The van der Waals surface area contributed by atoms with E-state index in [9.17, 15) is 0 Å². The van der Waals surface area contributed by atoms with Gasteiger partial charge in [0, 0.05) is 0 Å². The van der Waals surface area contributed by atoms with Gasteiger partial charge in [0.25, 0.3) is 0 Å². The summed E-state index contributed by atoms with van der Waals surface area (Å²) in [6.07, 6.45) is 10.7. The van der Waals surface area contributed by atoms with E-state index in [-0.39, 0.29) is 0 Å². The van der Waals surface area contributed by atoms with Crippen molar-refractivity contribution in [2.45, 2.75) is 58.8 Å². The third kappa shape index (κ3) is 2.27. The van der Waals surface area contributed by atoms with Crippen LogP contribution in [-0.4, -0.2) is 0 Å². The van der Waals surface area contributed by atoms with E-state index in [1.54, 1.807) is 12.8 Å². The van der Waals surface area contributed by atoms with Gasteiger partial charge >= 0.3 is 0 Å². The molecule has 4 unspecified atom stereocenters. The van der Waals surface area contributed by atoms with Gasteiger partial charge in [0.15, 0.2) is 0 Å². The molecule has 2 aliphatic rings. The molecule has 0 saturated heterocycles. The Morgan fingerprint density at radius 1 is 0.692 bits per heavy atom. The van der Waals surface area contributed by atoms with Gasteiger partial charge in [-0.2, -0.15) is 0 Å². The van der Waals surface area contributed by atoms with E-state index in [0.29, 0.717) is 0 Å². The third-order valence-corrected chi connectivity index (χ3v) is 4.38. The molecule has 0 aromatic carbocycles. The van der Waals surface area contributed by atoms with Crippen LogP contribution < -0.4 is 0 Å². The summed E-state index contributed by atoms with van der Waals surface area (Å²) in [4.78, 5) is 0. The number of hydrogen-bond donors (Lipinski definition) is 0. The topological polar surface area (TPSA) is 0 Å². The second-order valence-electron chi connectivity index (χ2n) is 5.71. The van der Waals surface area contributed by atoms with E-state index >= 15 is 0 Å². The van der Waals surface area contributed by atoms with Crippen LogP contribution in [0.4, 0.5) is 0 Å². The molecule has 0 amide bonds. The van der Waals surface area contributed by atoms with Gasteiger partial charge in [-0.1, -0.05) is 39.5 Å². The van der Waals surface area contributed by atoms with Crippen LogP contribution in [0.2, 0.25) is 0 Å². The molecule has 0 aliphatic heterocycles. The number of rotatable bonds is 1. The highest BCUT2D eigenvalue weighted by Gasteiger charge is 2.31. The van der Waals surface area contributed by atoms with E-state index < -0.39 is 0 Å². The van der Waals surface area contributed by atoms with Crippen molar-refractivity contribution in [1.29, 1.82) is 0 Å². The second kappa shape index (κ2) is 4.02. The molecule has 76 valence electrons. The minimum absolute atomic E-state index is 1.02. The molecular formula is C13H24. The van der Waals surface area contributed by atoms with Gasteiger partial charge < -0.3 is 0 Å². The molecule has 0 N–H and O–H groups in total. The summed E-state index contributed by atoms with van der Waals surface area (Å²) in [6, 6.07) is 0. The summed E-state index contributed by atoms with van der Waals surface area (Å²) in [5.41, 5.74) is 0. The van der Waals surface area contributed by atoms with Gasteiger partial charge in [-0.3, -0.25) is 0 Å². The van der Waals surface area contributed by atoms with Crippen molar-refractivity contribution in [3.8, 4) is 0 Å². The summed E-state index contributed by atoms with van der Waals surface area (Å²) in [7, 11) is 0. The third-order valence-electron chi connectivity index (χ3n) is 4.38. The lowest BCUT2D eigenvalue weighted by atomic mass is 9.75. The Bertz CT molecular complexity index is 161. The first-order chi connectivity index (χ1) is 6.25. The van der Waals surface area contributed by atoms with E-state index in [1.807, 2.05) is 0 Å². The van der Waals surface area contributed by atoms with Crippen molar-refractivity contribution in [3.05, 3.63) is 0 Å². The molecule has 0 heteroatoms. The Hall–Kier alpha value is 0. The summed E-state index contributed by atoms with van der Waals surface area (Å²) in [5.74, 6) is 4.27. The summed E-state index contributed by atoms with van der Waals surface area (Å²) in [6.45, 7) is 4.89. The summed E-state index contributed by atoms with van der Waals surface area (Å²) in [5, 5.41) is 0. The lowest BCUT2D eigenvalue weighted by molar-refractivity contribution is 0.203. The quantitative estimate of drug-likeness (QED) is 0.566. The molecule has 0 bridgehead atoms. The zero-order valence-corrected chi connectivity index (χ0v) is 9.26. The fraction of sp³-hybridized carbons (Fsp3) is 1.00. The van der Waals surface area contributed by atoms with Gasteiger partial charge in [0.1, 0.15) is 0 Å². The summed E-state index contributed by atoms with van der Waals surface area (Å²) >= 11 is 0. The predicted octanol–water partition coefficient (Wildman–Crippen LogP) is 4.25. The second-order valence-corrected chi connectivity index (χ2v) is 5.71. The van der Waals surface area contributed by atoms with Crippen LogP contribution >= 0.6 is 0 Å². The molecule has 0 nitrogen and oxygen atoms in total. The smallest absolute Gasteiger partial charge is 0.0383 e. The van der Waals surface area contributed by atoms with Gasteiger partial charge in [-0.15, -0.1) is 0 Å². The standard InChI is InChI=1S/C13H24/c1-10-4-3-5-12(8-10)13-7-6-11(2)9-13/h10-13H,3-9H2,1-2H3. The molecular weight excluding hydrogens is 156 g/mol. The monoisotopic (exact) mass is 180 g/mol. The molecule has 13 heavy (non-hydrogen) atoms. The van der Waals surface area contributed by atoms with Crippen LogP contribution in [0.5, 0.6) is 0 Å². The first-order valence-electron chi connectivity index (χ1n) is 6.25. The lowest BCUT2D eigenvalue weighted by Gasteiger charge is -2.31. The normalized spacial score (nSPS) is 46.6. The molecule has 2 fully saturated rings. The highest BCUT2D eigenvalue weighted by atomic mass is 14.4. The molecule has 2 rings (SSSR count). The summed E-state index contributed by atoms with van der Waals surface area (Å²) < 4.78 is 0. The van der Waals surface area contributed by atoms with Gasteiger partial charge in [0.05, 0.1) is 0 Å². The van der Waals surface area contributed by atoms with E-state index in [1.165, 1.54) is 32.1 Å². The Labute approximate surface area is 83.1 Å². The highest BCUT2D eigenvalue weighted by Crippen LogP contribution is 2.42. The zero-order chi connectivity index (χ0) is 9.26. The highest BCUT2D eigenvalue weighted by molar-refractivity contribution is 4.82. The van der Waals surface area contributed by atoms with Crippen molar-refractivity contribution in [3.63, 3.8) is 0 Å². The van der Waals surface area contributed by atoms with Gasteiger partial charge in [-0.25, -0.2) is 0 Å². The molecule has 0 radical (unpaired) electrons. The van der Waals surface area contributed by atoms with Crippen molar-refractivity contribution in [1.82, 2.24) is 0 Å². The van der Waals surface area contributed by atoms with Crippen LogP contribution in [0.3, 0.4) is 0 Å². The Kier molecular flexibility index (Phi) is 2.96. The van der Waals surface area contributed by atoms with Crippen LogP contribution in [0, 0.1) is 23.7 Å². The minimum Gasteiger partial charge on any atom is -0.0625 e. The van der Waals surface area contributed by atoms with Gasteiger partial charge in [-0.05, 0) is 42.9 Å². The van der Waals surface area contributed by atoms with Crippen molar-refractivity contribution >= 4 is 0 Å². The molecule has 2 saturated carbocycles. The SMILES string of the molecule is CC1CCCC(C2CCC(C)C2)C1. The Morgan fingerprint density at radius 2 is 1.31 bits per heavy atom. The Balaban J connectivity index is 1.85. The van der Waals surface area contributed by atoms with Crippen LogP contribution in [-0.2, 0) is 0 Å². The maximum atomic E-state index is 2.45. The van der Waals surface area contributed by atoms with Gasteiger partial charge in [0.2, 0.25) is 0 Å². The van der Waals surface area contributed by atoms with E-state index in [2.05, 4.69) is 13.8 Å². The predicted molar refractivity (Wildman–Crippen MR) is 57.6 cm³/mol. The van der Waals surface area contributed by atoms with Crippen molar-refractivity contribution in [2.24, 2.45) is 23.7 Å².